The zero-order valence-corrected chi connectivity index (χ0v) is 18.2. The zero-order valence-electron chi connectivity index (χ0n) is 18.2. The van der Waals surface area contributed by atoms with Crippen molar-refractivity contribution in [2.45, 2.75) is 38.0 Å². The molecule has 5 rings (SSSR count). The zero-order chi connectivity index (χ0) is 21.2. The van der Waals surface area contributed by atoms with Crippen LogP contribution in [0, 0.1) is 0 Å². The number of likely N-dealkylation sites (tertiary alicyclic amines) is 1. The van der Waals surface area contributed by atoms with Crippen LogP contribution >= 0.6 is 0 Å². The van der Waals surface area contributed by atoms with Crippen LogP contribution in [0.5, 0.6) is 11.5 Å². The molecular formula is C26H31N3O2. The summed E-state index contributed by atoms with van der Waals surface area (Å²) in [6.45, 7) is 3.48. The second kappa shape index (κ2) is 8.67. The van der Waals surface area contributed by atoms with Gasteiger partial charge < -0.3 is 24.7 Å². The molecule has 3 heterocycles. The molecule has 0 amide bonds. The number of hydrogen-bond acceptors (Lipinski definition) is 3. The van der Waals surface area contributed by atoms with Crippen molar-refractivity contribution in [3.8, 4) is 11.5 Å². The van der Waals surface area contributed by atoms with Crippen molar-refractivity contribution < 1.29 is 9.84 Å². The second-order valence-corrected chi connectivity index (χ2v) is 8.77. The Balaban J connectivity index is 1.11. The normalized spacial score (nSPS) is 15.8. The lowest BCUT2D eigenvalue weighted by molar-refractivity contribution is 0.209. The molecule has 31 heavy (non-hydrogen) atoms. The number of aryl methyl sites for hydroxylation is 1. The lowest BCUT2D eigenvalue weighted by Crippen LogP contribution is -2.33. The summed E-state index contributed by atoms with van der Waals surface area (Å²) in [6.07, 6.45) is 10.2. The number of nitrogens with one attached hydrogen (secondary N) is 2. The van der Waals surface area contributed by atoms with E-state index in [4.69, 9.17) is 4.74 Å². The van der Waals surface area contributed by atoms with Gasteiger partial charge in [0.05, 0.1) is 7.11 Å². The van der Waals surface area contributed by atoms with Crippen LogP contribution in [-0.4, -0.2) is 46.7 Å². The first-order valence-electron chi connectivity index (χ1n) is 11.4. The minimum absolute atomic E-state index is 0.347. The van der Waals surface area contributed by atoms with E-state index in [1.807, 2.05) is 18.2 Å². The Hall–Kier alpha value is -2.92. The van der Waals surface area contributed by atoms with E-state index in [-0.39, 0.29) is 0 Å². The molecule has 3 N–H and O–H groups in total. The molecule has 0 atom stereocenters. The highest BCUT2D eigenvalue weighted by atomic mass is 16.5. The number of aromatic amines is 2. The number of benzene rings is 2. The number of aromatic nitrogens is 2. The van der Waals surface area contributed by atoms with Crippen LogP contribution in [0.2, 0.25) is 0 Å². The van der Waals surface area contributed by atoms with Crippen LogP contribution in [0.1, 0.15) is 42.7 Å². The number of nitrogens with zero attached hydrogens (tertiary/aromatic N) is 1. The van der Waals surface area contributed by atoms with E-state index < -0.39 is 0 Å². The summed E-state index contributed by atoms with van der Waals surface area (Å²) in [6, 6.07) is 11.8. The summed E-state index contributed by atoms with van der Waals surface area (Å²) in [7, 11) is 1.72. The van der Waals surface area contributed by atoms with Gasteiger partial charge in [-0.1, -0.05) is 0 Å². The van der Waals surface area contributed by atoms with Crippen molar-refractivity contribution in [2.24, 2.45) is 0 Å². The molecule has 1 fully saturated rings. The summed E-state index contributed by atoms with van der Waals surface area (Å²) >= 11 is 0. The van der Waals surface area contributed by atoms with Crippen molar-refractivity contribution >= 4 is 21.8 Å². The van der Waals surface area contributed by atoms with Crippen molar-refractivity contribution in [2.75, 3.05) is 26.7 Å². The van der Waals surface area contributed by atoms with Gasteiger partial charge in [-0.05, 0) is 105 Å². The van der Waals surface area contributed by atoms with Gasteiger partial charge in [0.25, 0.3) is 0 Å². The van der Waals surface area contributed by atoms with Gasteiger partial charge >= 0.3 is 0 Å². The van der Waals surface area contributed by atoms with Gasteiger partial charge in [0, 0.05) is 34.2 Å². The number of ether oxygens (including phenoxy) is 1. The van der Waals surface area contributed by atoms with Crippen molar-refractivity contribution in [1.29, 1.82) is 0 Å². The lowest BCUT2D eigenvalue weighted by atomic mass is 9.89. The molecule has 2 aromatic heterocycles. The smallest absolute Gasteiger partial charge is 0.119 e. The minimum Gasteiger partial charge on any atom is -0.508 e. The third kappa shape index (κ3) is 4.15. The Labute approximate surface area is 183 Å². The van der Waals surface area contributed by atoms with Crippen molar-refractivity contribution in [1.82, 2.24) is 14.9 Å². The highest BCUT2D eigenvalue weighted by Crippen LogP contribution is 2.34. The third-order valence-electron chi connectivity index (χ3n) is 6.87. The molecule has 0 aliphatic carbocycles. The van der Waals surface area contributed by atoms with E-state index in [1.165, 1.54) is 59.6 Å². The van der Waals surface area contributed by atoms with Crippen LogP contribution in [0.3, 0.4) is 0 Å². The fraction of sp³-hybridized carbons (Fsp3) is 0.385. The molecule has 1 saturated heterocycles. The Morgan fingerprint density at radius 1 is 0.968 bits per heavy atom. The molecule has 2 aromatic carbocycles. The molecule has 0 bridgehead atoms. The SMILES string of the molecule is COc1ccc2[nH]cc(CCCCN3CCC(c4c[nH]c5ccc(O)cc45)CC3)c2c1. The number of piperidine rings is 1. The molecule has 5 heteroatoms. The molecule has 5 nitrogen and oxygen atoms in total. The number of rotatable bonds is 7. The molecule has 0 radical (unpaired) electrons. The van der Waals surface area contributed by atoms with E-state index in [2.05, 4.69) is 39.4 Å². The third-order valence-corrected chi connectivity index (χ3v) is 6.87. The number of H-pyrrole nitrogens is 2. The summed E-state index contributed by atoms with van der Waals surface area (Å²) in [5.41, 5.74) is 5.05. The number of unbranched alkanes of at least 4 members (excludes halogenated alkanes) is 1. The van der Waals surface area contributed by atoms with Gasteiger partial charge in [0.15, 0.2) is 0 Å². The van der Waals surface area contributed by atoms with E-state index in [1.54, 1.807) is 13.2 Å². The van der Waals surface area contributed by atoms with Crippen LogP contribution in [0.15, 0.2) is 48.8 Å². The first-order valence-corrected chi connectivity index (χ1v) is 11.4. The Kier molecular flexibility index (Phi) is 5.60. The molecule has 162 valence electrons. The summed E-state index contributed by atoms with van der Waals surface area (Å²) in [5.74, 6) is 1.84. The maximum atomic E-state index is 9.86. The van der Waals surface area contributed by atoms with Crippen LogP contribution in [0.4, 0.5) is 0 Å². The van der Waals surface area contributed by atoms with Gasteiger partial charge in [-0.15, -0.1) is 0 Å². The standard InChI is InChI=1S/C26H31N3O2/c1-31-21-6-8-25-22(15-21)19(16-27-25)4-2-3-11-29-12-9-18(10-13-29)24-17-28-26-7-5-20(30)14-23(24)26/h5-8,14-18,27-28,30H,2-4,9-13H2,1H3. The lowest BCUT2D eigenvalue weighted by Gasteiger charge is -2.32. The van der Waals surface area contributed by atoms with Gasteiger partial charge in [0.1, 0.15) is 11.5 Å². The largest absolute Gasteiger partial charge is 0.508 e. The first kappa shape index (κ1) is 20.0. The van der Waals surface area contributed by atoms with E-state index in [0.717, 1.165) is 30.8 Å². The molecule has 1 aliphatic rings. The van der Waals surface area contributed by atoms with Gasteiger partial charge in [-0.3, -0.25) is 0 Å². The van der Waals surface area contributed by atoms with Gasteiger partial charge in [-0.25, -0.2) is 0 Å². The molecule has 0 spiro atoms. The highest BCUT2D eigenvalue weighted by molar-refractivity contribution is 5.85. The number of fused-ring (bicyclic) bond motifs is 2. The maximum absolute atomic E-state index is 9.86. The predicted molar refractivity (Wildman–Crippen MR) is 126 cm³/mol. The topological polar surface area (TPSA) is 64.3 Å². The molecular weight excluding hydrogens is 386 g/mol. The molecule has 1 aliphatic heterocycles. The fourth-order valence-corrected chi connectivity index (χ4v) is 5.08. The quantitative estimate of drug-likeness (QED) is 0.345. The highest BCUT2D eigenvalue weighted by Gasteiger charge is 2.22. The number of aromatic hydroxyl groups is 1. The number of methoxy groups -OCH3 is 1. The molecule has 4 aromatic rings. The first-order chi connectivity index (χ1) is 15.2. The molecule has 0 saturated carbocycles. The molecule has 0 unspecified atom stereocenters. The summed E-state index contributed by atoms with van der Waals surface area (Å²) in [5, 5.41) is 12.3. The van der Waals surface area contributed by atoms with E-state index >= 15 is 0 Å². The monoisotopic (exact) mass is 417 g/mol. The van der Waals surface area contributed by atoms with Crippen molar-refractivity contribution in [3.63, 3.8) is 0 Å². The fourth-order valence-electron chi connectivity index (χ4n) is 5.08. The maximum Gasteiger partial charge on any atom is 0.119 e. The van der Waals surface area contributed by atoms with Gasteiger partial charge in [0.2, 0.25) is 0 Å². The van der Waals surface area contributed by atoms with Crippen LogP contribution in [-0.2, 0) is 6.42 Å². The van der Waals surface area contributed by atoms with Gasteiger partial charge in [-0.2, -0.15) is 0 Å². The Morgan fingerprint density at radius 3 is 2.58 bits per heavy atom. The summed E-state index contributed by atoms with van der Waals surface area (Å²) < 4.78 is 5.38. The number of hydrogen-bond donors (Lipinski definition) is 3. The Morgan fingerprint density at radius 2 is 1.74 bits per heavy atom. The van der Waals surface area contributed by atoms with E-state index in [0.29, 0.717) is 11.7 Å². The minimum atomic E-state index is 0.347. The van der Waals surface area contributed by atoms with Crippen LogP contribution in [0.25, 0.3) is 21.8 Å². The predicted octanol–water partition coefficient (Wildman–Crippen LogP) is 5.57. The second-order valence-electron chi connectivity index (χ2n) is 8.77. The van der Waals surface area contributed by atoms with Crippen molar-refractivity contribution in [3.05, 3.63) is 59.9 Å². The van der Waals surface area contributed by atoms with E-state index in [9.17, 15) is 5.11 Å². The number of phenolic OH excluding ortho intramolecular Hbond substituents is 1. The Bertz CT molecular complexity index is 1170. The van der Waals surface area contributed by atoms with Crippen LogP contribution < -0.4 is 4.74 Å². The average Bonchev–Trinajstić information content (AvgIpc) is 3.40. The number of phenols is 1. The summed E-state index contributed by atoms with van der Waals surface area (Å²) in [4.78, 5) is 9.36. The average molecular weight is 418 g/mol.